The average molecular weight is 449 g/mol. The first-order valence-electron chi connectivity index (χ1n) is 11.6. The zero-order chi connectivity index (χ0) is 23.2. The summed E-state index contributed by atoms with van der Waals surface area (Å²) in [6.07, 6.45) is 5.74. The van der Waals surface area contributed by atoms with E-state index in [1.165, 1.54) is 37.6 Å². The number of aromatic nitrogens is 1. The van der Waals surface area contributed by atoms with E-state index in [2.05, 4.69) is 39.1 Å². The summed E-state index contributed by atoms with van der Waals surface area (Å²) < 4.78 is 0. The SMILES string of the molecule is C=CC(=O)N[C@@H]1CCN(c2ccc(C(N)=O)c(Nc3ccc(CCN4CCCC4)cc3)n2)C1. The van der Waals surface area contributed by atoms with Crippen LogP contribution in [-0.2, 0) is 11.2 Å². The van der Waals surface area contributed by atoms with Crippen LogP contribution in [0.25, 0.3) is 0 Å². The quantitative estimate of drug-likeness (QED) is 0.509. The number of hydrogen-bond donors (Lipinski definition) is 3. The van der Waals surface area contributed by atoms with Crippen LogP contribution in [-0.4, -0.2) is 60.5 Å². The highest BCUT2D eigenvalue weighted by Crippen LogP contribution is 2.25. The van der Waals surface area contributed by atoms with Crippen molar-refractivity contribution in [2.45, 2.75) is 31.7 Å². The van der Waals surface area contributed by atoms with Gasteiger partial charge in [-0.15, -0.1) is 0 Å². The maximum Gasteiger partial charge on any atom is 0.252 e. The fourth-order valence-corrected chi connectivity index (χ4v) is 4.45. The lowest BCUT2D eigenvalue weighted by molar-refractivity contribution is -0.117. The fraction of sp³-hybridized carbons (Fsp3) is 0.400. The van der Waals surface area contributed by atoms with E-state index in [1.807, 2.05) is 12.1 Å². The number of nitrogens with one attached hydrogen (secondary N) is 2. The molecule has 2 aromatic rings. The van der Waals surface area contributed by atoms with Crippen LogP contribution in [0.5, 0.6) is 0 Å². The normalized spacial score (nSPS) is 18.3. The predicted octanol–water partition coefficient (Wildman–Crippen LogP) is 2.44. The van der Waals surface area contributed by atoms with E-state index < -0.39 is 5.91 Å². The predicted molar refractivity (Wildman–Crippen MR) is 131 cm³/mol. The van der Waals surface area contributed by atoms with E-state index in [0.29, 0.717) is 17.9 Å². The molecule has 2 aliphatic rings. The average Bonchev–Trinajstić information content (AvgIpc) is 3.50. The van der Waals surface area contributed by atoms with E-state index in [1.54, 1.807) is 12.1 Å². The van der Waals surface area contributed by atoms with Crippen molar-refractivity contribution >= 4 is 29.1 Å². The molecule has 2 amide bonds. The maximum absolute atomic E-state index is 12.0. The van der Waals surface area contributed by atoms with Gasteiger partial charge in [0.15, 0.2) is 0 Å². The number of rotatable bonds is 9. The molecule has 174 valence electrons. The zero-order valence-electron chi connectivity index (χ0n) is 18.9. The second-order valence-electron chi connectivity index (χ2n) is 8.69. The van der Waals surface area contributed by atoms with Crippen molar-refractivity contribution < 1.29 is 9.59 Å². The van der Waals surface area contributed by atoms with Gasteiger partial charge in [-0.1, -0.05) is 18.7 Å². The highest BCUT2D eigenvalue weighted by Gasteiger charge is 2.25. The third kappa shape index (κ3) is 5.90. The molecule has 3 heterocycles. The van der Waals surface area contributed by atoms with Gasteiger partial charge in [-0.3, -0.25) is 9.59 Å². The van der Waals surface area contributed by atoms with Crippen LogP contribution in [0.15, 0.2) is 49.1 Å². The Morgan fingerprint density at radius 3 is 2.58 bits per heavy atom. The molecule has 2 saturated heterocycles. The summed E-state index contributed by atoms with van der Waals surface area (Å²) in [4.78, 5) is 32.9. The largest absolute Gasteiger partial charge is 0.365 e. The lowest BCUT2D eigenvalue weighted by Gasteiger charge is -2.20. The Morgan fingerprint density at radius 1 is 1.12 bits per heavy atom. The Balaban J connectivity index is 1.43. The molecule has 4 rings (SSSR count). The van der Waals surface area contributed by atoms with Crippen LogP contribution in [0.4, 0.5) is 17.3 Å². The first-order chi connectivity index (χ1) is 16.0. The van der Waals surface area contributed by atoms with Gasteiger partial charge in [-0.05, 0) is 74.7 Å². The van der Waals surface area contributed by atoms with Crippen molar-refractivity contribution in [1.29, 1.82) is 0 Å². The minimum Gasteiger partial charge on any atom is -0.365 e. The number of anilines is 3. The monoisotopic (exact) mass is 448 g/mol. The van der Waals surface area contributed by atoms with E-state index in [-0.39, 0.29) is 11.9 Å². The fourth-order valence-electron chi connectivity index (χ4n) is 4.45. The van der Waals surface area contributed by atoms with Crippen molar-refractivity contribution in [1.82, 2.24) is 15.2 Å². The summed E-state index contributed by atoms with van der Waals surface area (Å²) in [5, 5.41) is 6.19. The number of benzene rings is 1. The number of nitrogens with two attached hydrogens (primary N) is 1. The smallest absolute Gasteiger partial charge is 0.252 e. The molecule has 4 N–H and O–H groups in total. The van der Waals surface area contributed by atoms with Gasteiger partial charge in [0.25, 0.3) is 5.91 Å². The van der Waals surface area contributed by atoms with Gasteiger partial charge in [-0.25, -0.2) is 4.98 Å². The van der Waals surface area contributed by atoms with Crippen molar-refractivity contribution in [2.24, 2.45) is 5.73 Å². The number of carbonyl (C=O) groups excluding carboxylic acids is 2. The Bertz CT molecular complexity index is 1000. The van der Waals surface area contributed by atoms with Crippen molar-refractivity contribution in [3.8, 4) is 0 Å². The second-order valence-corrected chi connectivity index (χ2v) is 8.69. The number of primary amides is 1. The van der Waals surface area contributed by atoms with Crippen molar-refractivity contribution in [3.63, 3.8) is 0 Å². The topological polar surface area (TPSA) is 104 Å². The summed E-state index contributed by atoms with van der Waals surface area (Å²) in [6.45, 7) is 8.40. The number of amides is 2. The molecular weight excluding hydrogens is 416 g/mol. The Hall–Kier alpha value is -3.39. The lowest BCUT2D eigenvalue weighted by atomic mass is 10.1. The Labute approximate surface area is 194 Å². The molecule has 0 bridgehead atoms. The van der Waals surface area contributed by atoms with Gasteiger partial charge >= 0.3 is 0 Å². The van der Waals surface area contributed by atoms with Crippen LogP contribution < -0.4 is 21.3 Å². The number of hydrogen-bond acceptors (Lipinski definition) is 6. The van der Waals surface area contributed by atoms with E-state index >= 15 is 0 Å². The van der Waals surface area contributed by atoms with Gasteiger partial charge < -0.3 is 26.2 Å². The van der Waals surface area contributed by atoms with Gasteiger partial charge in [-0.2, -0.15) is 0 Å². The molecule has 1 aromatic carbocycles. The minimum atomic E-state index is -0.531. The van der Waals surface area contributed by atoms with Crippen LogP contribution >= 0.6 is 0 Å². The van der Waals surface area contributed by atoms with E-state index in [0.717, 1.165) is 37.4 Å². The number of nitrogens with zero attached hydrogens (tertiary/aromatic N) is 3. The molecule has 8 nitrogen and oxygen atoms in total. The number of likely N-dealkylation sites (tertiary alicyclic amines) is 1. The Morgan fingerprint density at radius 2 is 1.88 bits per heavy atom. The van der Waals surface area contributed by atoms with Crippen LogP contribution in [0.3, 0.4) is 0 Å². The second kappa shape index (κ2) is 10.5. The third-order valence-electron chi connectivity index (χ3n) is 6.32. The zero-order valence-corrected chi connectivity index (χ0v) is 18.9. The van der Waals surface area contributed by atoms with Gasteiger partial charge in [0.2, 0.25) is 5.91 Å². The molecule has 0 radical (unpaired) electrons. The Kier molecular flexibility index (Phi) is 7.24. The highest BCUT2D eigenvalue weighted by atomic mass is 16.1. The summed E-state index contributed by atoms with van der Waals surface area (Å²) in [5.41, 5.74) is 8.07. The molecule has 0 saturated carbocycles. The molecular formula is C25H32N6O2. The highest BCUT2D eigenvalue weighted by molar-refractivity contribution is 5.98. The summed E-state index contributed by atoms with van der Waals surface area (Å²) in [6, 6.07) is 11.8. The number of carbonyl (C=O) groups is 2. The summed E-state index contributed by atoms with van der Waals surface area (Å²) >= 11 is 0. The van der Waals surface area contributed by atoms with Gasteiger partial charge in [0.05, 0.1) is 5.56 Å². The lowest BCUT2D eigenvalue weighted by Crippen LogP contribution is -2.36. The van der Waals surface area contributed by atoms with Crippen LogP contribution in [0, 0.1) is 0 Å². The van der Waals surface area contributed by atoms with Crippen LogP contribution in [0.2, 0.25) is 0 Å². The minimum absolute atomic E-state index is 0.0395. The maximum atomic E-state index is 12.0. The van der Waals surface area contributed by atoms with E-state index in [9.17, 15) is 9.59 Å². The van der Waals surface area contributed by atoms with Gasteiger partial charge in [0, 0.05) is 31.4 Å². The summed E-state index contributed by atoms with van der Waals surface area (Å²) in [7, 11) is 0. The van der Waals surface area contributed by atoms with Crippen molar-refractivity contribution in [2.75, 3.05) is 42.9 Å². The van der Waals surface area contributed by atoms with Crippen molar-refractivity contribution in [3.05, 3.63) is 60.2 Å². The summed E-state index contributed by atoms with van der Waals surface area (Å²) in [5.74, 6) is 0.463. The third-order valence-corrected chi connectivity index (χ3v) is 6.32. The van der Waals surface area contributed by atoms with Crippen LogP contribution in [0.1, 0.15) is 35.2 Å². The van der Waals surface area contributed by atoms with E-state index in [4.69, 9.17) is 10.7 Å². The molecule has 8 heteroatoms. The molecule has 1 aromatic heterocycles. The molecule has 0 aliphatic carbocycles. The molecule has 1 atom stereocenters. The number of pyridine rings is 1. The molecule has 0 unspecified atom stereocenters. The molecule has 33 heavy (non-hydrogen) atoms. The van der Waals surface area contributed by atoms with Gasteiger partial charge in [0.1, 0.15) is 11.6 Å². The molecule has 0 spiro atoms. The standard InChI is InChI=1S/C25H32N6O2/c1-2-23(32)27-20-12-16-31(17-20)22-10-9-21(24(26)33)25(29-22)28-19-7-5-18(6-8-19)11-15-30-13-3-4-14-30/h2,5-10,20H,1,3-4,11-17H2,(H2,26,33)(H,27,32)(H,28,29)/t20-/m1/s1. The molecule has 2 fully saturated rings. The molecule has 2 aliphatic heterocycles. The first kappa shape index (κ1) is 22.8. The first-order valence-corrected chi connectivity index (χ1v) is 11.6.